The van der Waals surface area contributed by atoms with Crippen LogP contribution < -0.4 is 0 Å². The summed E-state index contributed by atoms with van der Waals surface area (Å²) in [5.41, 5.74) is 1.03. The van der Waals surface area contributed by atoms with Crippen LogP contribution in [0.3, 0.4) is 0 Å². The van der Waals surface area contributed by atoms with Gasteiger partial charge >= 0.3 is 0 Å². The fraction of sp³-hybridized carbons (Fsp3) is 0.350. The molecule has 0 amide bonds. The van der Waals surface area contributed by atoms with Crippen LogP contribution in [-0.4, -0.2) is 14.7 Å². The molecule has 0 saturated heterocycles. The summed E-state index contributed by atoms with van der Waals surface area (Å²) in [6, 6.07) is 15.4. The number of sulfone groups is 1. The third-order valence-electron chi connectivity index (χ3n) is 4.25. The van der Waals surface area contributed by atoms with Crippen LogP contribution in [-0.2, 0) is 14.6 Å². The maximum absolute atomic E-state index is 12.6. The predicted molar refractivity (Wildman–Crippen MR) is 95.9 cm³/mol. The van der Waals surface area contributed by atoms with Crippen molar-refractivity contribution in [3.05, 3.63) is 60.2 Å². The Balaban J connectivity index is 2.21. The molecule has 2 aromatic carbocycles. The summed E-state index contributed by atoms with van der Waals surface area (Å²) in [7, 11) is -3.48. The van der Waals surface area contributed by atoms with Gasteiger partial charge in [0.05, 0.1) is 9.79 Å². The molecule has 2 rings (SSSR count). The Labute approximate surface area is 144 Å². The fourth-order valence-electron chi connectivity index (χ4n) is 2.83. The quantitative estimate of drug-likeness (QED) is 0.486. The highest BCUT2D eigenvalue weighted by Crippen LogP contribution is 2.28. The standard InChI is InChI=1S/C20H24O3S/c1-2-3-5-8-17(15-16-21)18-11-13-20(14-12-18)24(22,23)19-9-6-4-7-10-19/h4,6-7,9-14,16-17H,2-3,5,8,15H2,1H3/t17-/m0/s1. The highest BCUT2D eigenvalue weighted by atomic mass is 32.2. The van der Waals surface area contributed by atoms with Crippen molar-refractivity contribution in [3.8, 4) is 0 Å². The summed E-state index contributed by atoms with van der Waals surface area (Å²) >= 11 is 0. The molecule has 24 heavy (non-hydrogen) atoms. The van der Waals surface area contributed by atoms with E-state index < -0.39 is 9.84 Å². The molecule has 0 aliphatic rings. The minimum atomic E-state index is -3.48. The molecule has 0 aliphatic heterocycles. The summed E-state index contributed by atoms with van der Waals surface area (Å²) in [4.78, 5) is 11.5. The monoisotopic (exact) mass is 344 g/mol. The summed E-state index contributed by atoms with van der Waals surface area (Å²) in [6.45, 7) is 2.15. The van der Waals surface area contributed by atoms with E-state index in [0.717, 1.165) is 37.5 Å². The normalized spacial score (nSPS) is 12.7. The molecule has 0 heterocycles. The SMILES string of the molecule is CCCCC[C@@H](CC=O)c1ccc(S(=O)(=O)c2ccccc2)cc1. The van der Waals surface area contributed by atoms with Gasteiger partial charge in [0, 0.05) is 6.42 Å². The van der Waals surface area contributed by atoms with Crippen molar-refractivity contribution in [2.75, 3.05) is 0 Å². The molecule has 0 fully saturated rings. The third-order valence-corrected chi connectivity index (χ3v) is 6.04. The molecule has 0 N–H and O–H groups in total. The molecule has 4 heteroatoms. The van der Waals surface area contributed by atoms with E-state index in [1.807, 2.05) is 12.1 Å². The Hall–Kier alpha value is -1.94. The van der Waals surface area contributed by atoms with Gasteiger partial charge in [-0.3, -0.25) is 0 Å². The van der Waals surface area contributed by atoms with Crippen LogP contribution in [0.4, 0.5) is 0 Å². The van der Waals surface area contributed by atoms with E-state index in [2.05, 4.69) is 6.92 Å². The summed E-state index contributed by atoms with van der Waals surface area (Å²) in [5, 5.41) is 0. The highest BCUT2D eigenvalue weighted by molar-refractivity contribution is 7.91. The number of carbonyl (C=O) groups excluding carboxylic acids is 1. The Kier molecular flexibility index (Phi) is 6.73. The van der Waals surface area contributed by atoms with Crippen molar-refractivity contribution in [1.82, 2.24) is 0 Å². The number of benzene rings is 2. The third kappa shape index (κ3) is 4.54. The zero-order valence-electron chi connectivity index (χ0n) is 14.0. The lowest BCUT2D eigenvalue weighted by molar-refractivity contribution is -0.108. The number of hydrogen-bond acceptors (Lipinski definition) is 3. The van der Waals surface area contributed by atoms with Crippen molar-refractivity contribution in [3.63, 3.8) is 0 Å². The first kappa shape index (κ1) is 18.4. The van der Waals surface area contributed by atoms with Gasteiger partial charge in [0.15, 0.2) is 0 Å². The second-order valence-corrected chi connectivity index (χ2v) is 7.93. The number of aldehydes is 1. The van der Waals surface area contributed by atoms with Crippen LogP contribution in [0.25, 0.3) is 0 Å². The Morgan fingerprint density at radius 3 is 2.12 bits per heavy atom. The van der Waals surface area contributed by atoms with Gasteiger partial charge in [0.25, 0.3) is 0 Å². The van der Waals surface area contributed by atoms with E-state index in [1.165, 1.54) is 0 Å². The van der Waals surface area contributed by atoms with Crippen LogP contribution in [0, 0.1) is 0 Å². The van der Waals surface area contributed by atoms with E-state index in [1.54, 1.807) is 42.5 Å². The lowest BCUT2D eigenvalue weighted by Crippen LogP contribution is -2.04. The van der Waals surface area contributed by atoms with Gasteiger partial charge in [-0.15, -0.1) is 0 Å². The summed E-state index contributed by atoms with van der Waals surface area (Å²) in [5.74, 6) is 0.169. The number of carbonyl (C=O) groups is 1. The second kappa shape index (κ2) is 8.78. The number of hydrogen-bond donors (Lipinski definition) is 0. The summed E-state index contributed by atoms with van der Waals surface area (Å²) < 4.78 is 25.2. The first-order valence-electron chi connectivity index (χ1n) is 8.43. The molecule has 1 atom stereocenters. The van der Waals surface area contributed by atoms with E-state index in [9.17, 15) is 13.2 Å². The minimum Gasteiger partial charge on any atom is -0.303 e. The van der Waals surface area contributed by atoms with Crippen LogP contribution in [0.2, 0.25) is 0 Å². The molecular weight excluding hydrogens is 320 g/mol. The van der Waals surface area contributed by atoms with Gasteiger partial charge in [0.1, 0.15) is 6.29 Å². The lowest BCUT2D eigenvalue weighted by Gasteiger charge is -2.15. The van der Waals surface area contributed by atoms with Crippen LogP contribution in [0.5, 0.6) is 0 Å². The zero-order chi connectivity index (χ0) is 17.4. The van der Waals surface area contributed by atoms with Gasteiger partial charge < -0.3 is 4.79 Å². The van der Waals surface area contributed by atoms with Crippen molar-refractivity contribution < 1.29 is 13.2 Å². The molecule has 0 unspecified atom stereocenters. The first-order chi connectivity index (χ1) is 11.6. The maximum Gasteiger partial charge on any atom is 0.206 e. The topological polar surface area (TPSA) is 51.2 Å². The van der Waals surface area contributed by atoms with E-state index in [0.29, 0.717) is 11.3 Å². The van der Waals surface area contributed by atoms with E-state index in [4.69, 9.17) is 0 Å². The molecule has 0 radical (unpaired) electrons. The molecule has 0 bridgehead atoms. The van der Waals surface area contributed by atoms with Gasteiger partial charge in [-0.2, -0.15) is 0 Å². The molecule has 0 aliphatic carbocycles. The van der Waals surface area contributed by atoms with Gasteiger partial charge in [0.2, 0.25) is 9.84 Å². The van der Waals surface area contributed by atoms with Crippen molar-refractivity contribution in [1.29, 1.82) is 0 Å². The Morgan fingerprint density at radius 2 is 1.54 bits per heavy atom. The fourth-order valence-corrected chi connectivity index (χ4v) is 4.11. The van der Waals surface area contributed by atoms with Gasteiger partial charge in [-0.1, -0.05) is 56.5 Å². The smallest absolute Gasteiger partial charge is 0.206 e. The minimum absolute atomic E-state index is 0.169. The average Bonchev–Trinajstić information content (AvgIpc) is 2.62. The number of unbranched alkanes of at least 4 members (excludes halogenated alkanes) is 2. The van der Waals surface area contributed by atoms with E-state index in [-0.39, 0.29) is 10.8 Å². The summed E-state index contributed by atoms with van der Waals surface area (Å²) in [6.07, 6.45) is 5.76. The Bertz CT molecular complexity index is 734. The number of rotatable bonds is 9. The van der Waals surface area contributed by atoms with Gasteiger partial charge in [-0.25, -0.2) is 8.42 Å². The van der Waals surface area contributed by atoms with Crippen LogP contribution >= 0.6 is 0 Å². The Morgan fingerprint density at radius 1 is 0.917 bits per heavy atom. The molecule has 2 aromatic rings. The highest BCUT2D eigenvalue weighted by Gasteiger charge is 2.18. The molecule has 0 spiro atoms. The maximum atomic E-state index is 12.6. The van der Waals surface area contributed by atoms with Crippen molar-refractivity contribution in [2.45, 2.75) is 54.7 Å². The zero-order valence-corrected chi connectivity index (χ0v) is 14.8. The van der Waals surface area contributed by atoms with Crippen molar-refractivity contribution >= 4 is 16.1 Å². The molecular formula is C20H24O3S. The molecule has 3 nitrogen and oxygen atoms in total. The second-order valence-electron chi connectivity index (χ2n) is 5.98. The average molecular weight is 344 g/mol. The largest absolute Gasteiger partial charge is 0.303 e. The van der Waals surface area contributed by atoms with E-state index >= 15 is 0 Å². The van der Waals surface area contributed by atoms with Crippen molar-refractivity contribution in [2.24, 2.45) is 0 Å². The van der Waals surface area contributed by atoms with Crippen LogP contribution in [0.1, 0.15) is 50.5 Å². The van der Waals surface area contributed by atoms with Gasteiger partial charge in [-0.05, 0) is 42.2 Å². The van der Waals surface area contributed by atoms with Crippen LogP contribution in [0.15, 0.2) is 64.4 Å². The molecule has 128 valence electrons. The predicted octanol–water partition coefficient (Wildman–Crippen LogP) is 4.77. The molecule has 0 aromatic heterocycles. The first-order valence-corrected chi connectivity index (χ1v) is 9.91. The lowest BCUT2D eigenvalue weighted by atomic mass is 9.91. The molecule has 0 saturated carbocycles.